The molecule has 0 aliphatic heterocycles. The number of hydrogen-bond acceptors (Lipinski definition) is 2. The predicted molar refractivity (Wildman–Crippen MR) is 55.5 cm³/mol. The zero-order valence-corrected chi connectivity index (χ0v) is 9.44. The molecular formula is C10H24N2. The van der Waals surface area contributed by atoms with Crippen LogP contribution in [-0.4, -0.2) is 37.1 Å². The van der Waals surface area contributed by atoms with E-state index in [0.29, 0.717) is 11.6 Å². The van der Waals surface area contributed by atoms with Gasteiger partial charge in [0, 0.05) is 18.1 Å². The SMILES string of the molecule is CCC(C)(C)N(C)C(C)CNC. The molecule has 0 spiro atoms. The summed E-state index contributed by atoms with van der Waals surface area (Å²) in [6, 6.07) is 0.602. The molecule has 0 rings (SSSR count). The van der Waals surface area contributed by atoms with Gasteiger partial charge in [0.25, 0.3) is 0 Å². The molecule has 0 aromatic heterocycles. The van der Waals surface area contributed by atoms with E-state index in [2.05, 4.69) is 45.0 Å². The van der Waals surface area contributed by atoms with E-state index in [-0.39, 0.29) is 0 Å². The van der Waals surface area contributed by atoms with Crippen LogP contribution in [0.5, 0.6) is 0 Å². The van der Waals surface area contributed by atoms with Crippen molar-refractivity contribution in [1.82, 2.24) is 10.2 Å². The van der Waals surface area contributed by atoms with Gasteiger partial charge < -0.3 is 5.32 Å². The Morgan fingerprint density at radius 2 is 1.92 bits per heavy atom. The Hall–Kier alpha value is -0.0800. The highest BCUT2D eigenvalue weighted by Gasteiger charge is 2.24. The quantitative estimate of drug-likeness (QED) is 0.679. The van der Waals surface area contributed by atoms with Crippen LogP contribution in [0.15, 0.2) is 0 Å². The smallest absolute Gasteiger partial charge is 0.0194 e. The summed E-state index contributed by atoms with van der Waals surface area (Å²) in [4.78, 5) is 2.43. The molecule has 2 heteroatoms. The summed E-state index contributed by atoms with van der Waals surface area (Å²) in [5.41, 5.74) is 0.316. The second kappa shape index (κ2) is 4.83. The second-order valence-electron chi connectivity index (χ2n) is 4.18. The highest BCUT2D eigenvalue weighted by molar-refractivity contribution is 4.81. The zero-order chi connectivity index (χ0) is 9.78. The summed E-state index contributed by atoms with van der Waals surface area (Å²) in [5.74, 6) is 0. The minimum atomic E-state index is 0.316. The lowest BCUT2D eigenvalue weighted by Gasteiger charge is -2.39. The van der Waals surface area contributed by atoms with Crippen molar-refractivity contribution >= 4 is 0 Å². The molecule has 74 valence electrons. The first-order valence-electron chi connectivity index (χ1n) is 4.83. The zero-order valence-electron chi connectivity index (χ0n) is 9.44. The molecule has 0 radical (unpaired) electrons. The van der Waals surface area contributed by atoms with Crippen LogP contribution in [0.1, 0.15) is 34.1 Å². The maximum atomic E-state index is 3.20. The Balaban J connectivity index is 4.07. The van der Waals surface area contributed by atoms with Crippen LogP contribution in [0.3, 0.4) is 0 Å². The monoisotopic (exact) mass is 172 g/mol. The normalized spacial score (nSPS) is 15.2. The van der Waals surface area contributed by atoms with Crippen LogP contribution in [0.4, 0.5) is 0 Å². The van der Waals surface area contributed by atoms with E-state index >= 15 is 0 Å². The van der Waals surface area contributed by atoms with Crippen molar-refractivity contribution < 1.29 is 0 Å². The summed E-state index contributed by atoms with van der Waals surface area (Å²) in [6.07, 6.45) is 1.19. The highest BCUT2D eigenvalue weighted by Crippen LogP contribution is 2.18. The Labute approximate surface area is 77.3 Å². The van der Waals surface area contributed by atoms with Gasteiger partial charge in [0.1, 0.15) is 0 Å². The van der Waals surface area contributed by atoms with Gasteiger partial charge in [0.15, 0.2) is 0 Å². The molecule has 0 fully saturated rings. The van der Waals surface area contributed by atoms with E-state index in [4.69, 9.17) is 0 Å². The van der Waals surface area contributed by atoms with Crippen molar-refractivity contribution in [3.05, 3.63) is 0 Å². The Kier molecular flexibility index (Phi) is 4.80. The summed E-state index contributed by atoms with van der Waals surface area (Å²) in [7, 11) is 4.20. The first-order valence-corrected chi connectivity index (χ1v) is 4.83. The van der Waals surface area contributed by atoms with E-state index in [1.54, 1.807) is 0 Å². The largest absolute Gasteiger partial charge is 0.318 e. The van der Waals surface area contributed by atoms with Gasteiger partial charge in [-0.2, -0.15) is 0 Å². The van der Waals surface area contributed by atoms with E-state index in [1.807, 2.05) is 7.05 Å². The summed E-state index contributed by atoms with van der Waals surface area (Å²) < 4.78 is 0. The first kappa shape index (κ1) is 11.9. The average molecular weight is 172 g/mol. The standard InChI is InChI=1S/C10H24N2/c1-7-10(3,4)12(6)9(2)8-11-5/h9,11H,7-8H2,1-6H3. The molecule has 0 bridgehead atoms. The van der Waals surface area contributed by atoms with Gasteiger partial charge in [-0.15, -0.1) is 0 Å². The van der Waals surface area contributed by atoms with Crippen LogP contribution >= 0.6 is 0 Å². The lowest BCUT2D eigenvalue weighted by molar-refractivity contribution is 0.106. The third-order valence-electron chi connectivity index (χ3n) is 2.98. The molecule has 0 aromatic carbocycles. The van der Waals surface area contributed by atoms with Crippen molar-refractivity contribution in [1.29, 1.82) is 0 Å². The molecule has 0 saturated heterocycles. The van der Waals surface area contributed by atoms with Gasteiger partial charge >= 0.3 is 0 Å². The van der Waals surface area contributed by atoms with Crippen LogP contribution < -0.4 is 5.32 Å². The molecule has 0 aliphatic carbocycles. The van der Waals surface area contributed by atoms with Crippen LogP contribution in [0.25, 0.3) is 0 Å². The van der Waals surface area contributed by atoms with Crippen molar-refractivity contribution in [2.24, 2.45) is 0 Å². The van der Waals surface area contributed by atoms with E-state index in [1.165, 1.54) is 6.42 Å². The molecule has 12 heavy (non-hydrogen) atoms. The Bertz CT molecular complexity index is 121. The fraction of sp³-hybridized carbons (Fsp3) is 1.00. The Morgan fingerprint density at radius 1 is 1.42 bits per heavy atom. The van der Waals surface area contributed by atoms with Gasteiger partial charge in [-0.1, -0.05) is 6.92 Å². The molecule has 0 heterocycles. The number of nitrogens with one attached hydrogen (secondary N) is 1. The third-order valence-corrected chi connectivity index (χ3v) is 2.98. The highest BCUT2D eigenvalue weighted by atomic mass is 15.2. The summed E-state index contributed by atoms with van der Waals surface area (Å²) in [6.45, 7) is 10.1. The second-order valence-corrected chi connectivity index (χ2v) is 4.18. The van der Waals surface area contributed by atoms with E-state index < -0.39 is 0 Å². The molecule has 1 atom stereocenters. The van der Waals surface area contributed by atoms with E-state index in [0.717, 1.165) is 6.54 Å². The Morgan fingerprint density at radius 3 is 2.25 bits per heavy atom. The van der Waals surface area contributed by atoms with Crippen LogP contribution in [-0.2, 0) is 0 Å². The molecule has 0 saturated carbocycles. The number of likely N-dealkylation sites (N-methyl/N-ethyl adjacent to an activating group) is 2. The number of rotatable bonds is 5. The van der Waals surface area contributed by atoms with Crippen molar-refractivity contribution in [2.45, 2.75) is 45.7 Å². The van der Waals surface area contributed by atoms with E-state index in [9.17, 15) is 0 Å². The number of hydrogen-bond donors (Lipinski definition) is 1. The van der Waals surface area contributed by atoms with Gasteiger partial charge in [-0.05, 0) is 41.3 Å². The number of nitrogens with zero attached hydrogens (tertiary/aromatic N) is 1. The fourth-order valence-electron chi connectivity index (χ4n) is 1.28. The van der Waals surface area contributed by atoms with Crippen LogP contribution in [0.2, 0.25) is 0 Å². The summed E-state index contributed by atoms with van der Waals surface area (Å²) >= 11 is 0. The molecule has 1 N–H and O–H groups in total. The maximum Gasteiger partial charge on any atom is 0.0194 e. The van der Waals surface area contributed by atoms with Crippen molar-refractivity contribution in [3.63, 3.8) is 0 Å². The van der Waals surface area contributed by atoms with Gasteiger partial charge in [-0.3, -0.25) is 4.90 Å². The maximum absolute atomic E-state index is 3.20. The third kappa shape index (κ3) is 3.11. The molecule has 0 aliphatic rings. The lowest BCUT2D eigenvalue weighted by Crippen LogP contribution is -2.48. The predicted octanol–water partition coefficient (Wildman–Crippen LogP) is 1.71. The lowest BCUT2D eigenvalue weighted by atomic mass is 9.98. The first-order chi connectivity index (χ1) is 5.45. The molecular weight excluding hydrogens is 148 g/mol. The molecule has 1 unspecified atom stereocenters. The summed E-state index contributed by atoms with van der Waals surface area (Å²) in [5, 5.41) is 3.20. The van der Waals surface area contributed by atoms with Crippen molar-refractivity contribution in [2.75, 3.05) is 20.6 Å². The van der Waals surface area contributed by atoms with Gasteiger partial charge in [-0.25, -0.2) is 0 Å². The van der Waals surface area contributed by atoms with Crippen molar-refractivity contribution in [3.8, 4) is 0 Å². The minimum absolute atomic E-state index is 0.316. The fourth-order valence-corrected chi connectivity index (χ4v) is 1.28. The topological polar surface area (TPSA) is 15.3 Å². The van der Waals surface area contributed by atoms with Gasteiger partial charge in [0.2, 0.25) is 0 Å². The molecule has 2 nitrogen and oxygen atoms in total. The van der Waals surface area contributed by atoms with Gasteiger partial charge in [0.05, 0.1) is 0 Å². The van der Waals surface area contributed by atoms with Crippen LogP contribution in [0, 0.1) is 0 Å². The average Bonchev–Trinajstić information content (AvgIpc) is 2.03. The molecule has 0 amide bonds. The minimum Gasteiger partial charge on any atom is -0.318 e. The molecule has 0 aromatic rings.